The van der Waals surface area contributed by atoms with E-state index in [1.54, 1.807) is 30.4 Å². The molecule has 5 nitrogen and oxygen atoms in total. The molecule has 0 aliphatic carbocycles. The number of nitriles is 1. The van der Waals surface area contributed by atoms with Crippen molar-refractivity contribution in [3.8, 4) is 29.9 Å². The van der Waals surface area contributed by atoms with E-state index in [0.717, 1.165) is 11.1 Å². The van der Waals surface area contributed by atoms with E-state index in [2.05, 4.69) is 18.6 Å². The monoisotopic (exact) mass is 387 g/mol. The fourth-order valence-electron chi connectivity index (χ4n) is 2.75. The van der Waals surface area contributed by atoms with Crippen LogP contribution < -0.4 is 9.47 Å². The summed E-state index contributed by atoms with van der Waals surface area (Å²) in [6.45, 7) is 6.19. The van der Waals surface area contributed by atoms with Crippen LogP contribution in [0, 0.1) is 23.7 Å². The average Bonchev–Trinajstić information content (AvgIpc) is 2.72. The van der Waals surface area contributed by atoms with Gasteiger partial charge < -0.3 is 14.6 Å². The Morgan fingerprint density at radius 3 is 2.48 bits per heavy atom. The van der Waals surface area contributed by atoms with E-state index in [9.17, 15) is 10.1 Å². The molecule has 29 heavy (non-hydrogen) atoms. The molecule has 0 aliphatic heterocycles. The Kier molecular flexibility index (Phi) is 7.65. The van der Waals surface area contributed by atoms with Gasteiger partial charge in [-0.1, -0.05) is 24.1 Å². The molecule has 0 heterocycles. The molecule has 5 heteroatoms. The molecular formula is C24H21NO4. The number of terminal acetylenes is 1. The summed E-state index contributed by atoms with van der Waals surface area (Å²) in [4.78, 5) is 11.0. The van der Waals surface area contributed by atoms with Crippen molar-refractivity contribution in [2.75, 3.05) is 13.2 Å². The van der Waals surface area contributed by atoms with Crippen LogP contribution in [0.2, 0.25) is 0 Å². The quantitative estimate of drug-likeness (QED) is 0.295. The summed E-state index contributed by atoms with van der Waals surface area (Å²) in [5.41, 5.74) is 2.76. The van der Waals surface area contributed by atoms with E-state index < -0.39 is 5.97 Å². The fraction of sp³-hybridized carbons (Fsp3) is 0.167. The zero-order valence-corrected chi connectivity index (χ0v) is 16.1. The first kappa shape index (κ1) is 21.3. The summed E-state index contributed by atoms with van der Waals surface area (Å²) in [7, 11) is 0. The first-order chi connectivity index (χ1) is 14.0. The Balaban J connectivity index is 2.53. The van der Waals surface area contributed by atoms with Crippen LogP contribution in [0.4, 0.5) is 0 Å². The van der Waals surface area contributed by atoms with Gasteiger partial charge in [0.2, 0.25) is 0 Å². The van der Waals surface area contributed by atoms with Crippen LogP contribution in [0.5, 0.6) is 11.5 Å². The summed E-state index contributed by atoms with van der Waals surface area (Å²) >= 11 is 0. The van der Waals surface area contributed by atoms with Crippen molar-refractivity contribution in [1.82, 2.24) is 0 Å². The third-order valence-electron chi connectivity index (χ3n) is 3.99. The Hall–Kier alpha value is -3.96. The van der Waals surface area contributed by atoms with Crippen molar-refractivity contribution >= 4 is 17.6 Å². The summed E-state index contributed by atoms with van der Waals surface area (Å²) in [6, 6.07) is 12.0. The van der Waals surface area contributed by atoms with Gasteiger partial charge in [-0.15, -0.1) is 13.0 Å². The normalized spacial score (nSPS) is 10.5. The van der Waals surface area contributed by atoms with Crippen LogP contribution in [0.3, 0.4) is 0 Å². The van der Waals surface area contributed by atoms with Gasteiger partial charge >= 0.3 is 5.97 Å². The highest BCUT2D eigenvalue weighted by Gasteiger charge is 2.13. The topological polar surface area (TPSA) is 79.5 Å². The number of carboxylic acid groups (broad SMARTS) is 1. The smallest absolute Gasteiger partial charge is 0.335 e. The molecule has 0 saturated carbocycles. The Morgan fingerprint density at radius 1 is 1.24 bits per heavy atom. The summed E-state index contributed by atoms with van der Waals surface area (Å²) in [5.74, 6) is 2.52. The predicted octanol–water partition coefficient (Wildman–Crippen LogP) is 4.59. The fourth-order valence-corrected chi connectivity index (χ4v) is 2.75. The number of carbonyl (C=O) groups is 1. The van der Waals surface area contributed by atoms with Gasteiger partial charge in [-0.05, 0) is 54.8 Å². The molecule has 0 aromatic heterocycles. The number of allylic oxidation sites excluding steroid dienone is 2. The molecule has 0 bridgehead atoms. The van der Waals surface area contributed by atoms with Crippen LogP contribution in [0.15, 0.2) is 49.1 Å². The molecule has 0 radical (unpaired) electrons. The number of rotatable bonds is 9. The molecule has 0 atom stereocenters. The second-order valence-electron chi connectivity index (χ2n) is 5.98. The van der Waals surface area contributed by atoms with Crippen LogP contribution in [0.25, 0.3) is 11.6 Å². The van der Waals surface area contributed by atoms with E-state index in [4.69, 9.17) is 21.0 Å². The van der Waals surface area contributed by atoms with E-state index in [1.807, 2.05) is 13.0 Å². The van der Waals surface area contributed by atoms with Crippen LogP contribution in [-0.2, 0) is 6.42 Å². The lowest BCUT2D eigenvalue weighted by Crippen LogP contribution is -2.03. The molecule has 2 aromatic rings. The van der Waals surface area contributed by atoms with Crippen molar-refractivity contribution in [1.29, 1.82) is 5.26 Å². The van der Waals surface area contributed by atoms with Gasteiger partial charge in [0.15, 0.2) is 11.5 Å². The molecule has 2 rings (SSSR count). The number of aromatic carboxylic acids is 1. The molecule has 0 amide bonds. The lowest BCUT2D eigenvalue weighted by molar-refractivity contribution is 0.0697. The first-order valence-electron chi connectivity index (χ1n) is 8.96. The predicted molar refractivity (Wildman–Crippen MR) is 113 cm³/mol. The zero-order chi connectivity index (χ0) is 21.2. The molecule has 0 fully saturated rings. The molecule has 1 N–H and O–H groups in total. The van der Waals surface area contributed by atoms with Crippen molar-refractivity contribution < 1.29 is 19.4 Å². The maximum atomic E-state index is 11.0. The van der Waals surface area contributed by atoms with Gasteiger partial charge in [-0.2, -0.15) is 5.26 Å². The number of hydrogen-bond acceptors (Lipinski definition) is 4. The largest absolute Gasteiger partial charge is 0.490 e. The number of hydrogen-bond donors (Lipinski definition) is 1. The minimum Gasteiger partial charge on any atom is -0.490 e. The van der Waals surface area contributed by atoms with Crippen molar-refractivity contribution in [2.45, 2.75) is 13.3 Å². The van der Waals surface area contributed by atoms with Crippen LogP contribution >= 0.6 is 0 Å². The molecule has 0 spiro atoms. The van der Waals surface area contributed by atoms with Gasteiger partial charge in [-0.3, -0.25) is 0 Å². The van der Waals surface area contributed by atoms with Gasteiger partial charge in [0.05, 0.1) is 23.8 Å². The highest BCUT2D eigenvalue weighted by atomic mass is 16.5. The number of carboxylic acids is 1. The Bertz CT molecular complexity index is 1000. The SMILES string of the molecule is C#CCOc1c(CC=C)cc(C=C(C#N)c2ccc(C(=O)O)cc2)cc1OCC. The first-order valence-corrected chi connectivity index (χ1v) is 8.96. The second-order valence-corrected chi connectivity index (χ2v) is 5.98. The molecule has 0 unspecified atom stereocenters. The number of nitrogens with zero attached hydrogens (tertiary/aromatic N) is 1. The standard InChI is InChI=1S/C24H21NO4/c1-4-7-20-13-17(15-22(28-6-3)23(20)29-12-5-2)14-21(16-25)18-8-10-19(11-9-18)24(26)27/h2,4,8-11,13-15H,1,6-7,12H2,3H3,(H,26,27). The highest BCUT2D eigenvalue weighted by molar-refractivity contribution is 5.92. The zero-order valence-electron chi connectivity index (χ0n) is 16.1. The van der Waals surface area contributed by atoms with E-state index >= 15 is 0 Å². The van der Waals surface area contributed by atoms with Gasteiger partial charge in [0, 0.05) is 5.56 Å². The van der Waals surface area contributed by atoms with E-state index in [0.29, 0.717) is 35.7 Å². The molecule has 0 saturated heterocycles. The third-order valence-corrected chi connectivity index (χ3v) is 3.99. The molecule has 2 aromatic carbocycles. The lowest BCUT2D eigenvalue weighted by Gasteiger charge is -2.15. The minimum atomic E-state index is -1.02. The Labute approximate surface area is 170 Å². The Morgan fingerprint density at radius 2 is 1.93 bits per heavy atom. The molecule has 0 aliphatic rings. The van der Waals surface area contributed by atoms with E-state index in [-0.39, 0.29) is 12.2 Å². The summed E-state index contributed by atoms with van der Waals surface area (Å²) in [6.07, 6.45) is 9.32. The van der Waals surface area contributed by atoms with Gasteiger partial charge in [0.25, 0.3) is 0 Å². The highest BCUT2D eigenvalue weighted by Crippen LogP contribution is 2.35. The maximum Gasteiger partial charge on any atom is 0.335 e. The van der Waals surface area contributed by atoms with Gasteiger partial charge in [0.1, 0.15) is 6.61 Å². The number of benzene rings is 2. The lowest BCUT2D eigenvalue weighted by atomic mass is 10.00. The van der Waals surface area contributed by atoms with Crippen molar-refractivity contribution in [3.05, 3.63) is 71.3 Å². The molecule has 146 valence electrons. The third kappa shape index (κ3) is 5.51. The number of ether oxygens (including phenoxy) is 2. The van der Waals surface area contributed by atoms with Gasteiger partial charge in [-0.25, -0.2) is 4.79 Å². The average molecular weight is 387 g/mol. The van der Waals surface area contributed by atoms with Crippen molar-refractivity contribution in [2.24, 2.45) is 0 Å². The van der Waals surface area contributed by atoms with Crippen LogP contribution in [-0.4, -0.2) is 24.3 Å². The maximum absolute atomic E-state index is 11.0. The second kappa shape index (κ2) is 10.4. The van der Waals surface area contributed by atoms with Crippen molar-refractivity contribution in [3.63, 3.8) is 0 Å². The summed E-state index contributed by atoms with van der Waals surface area (Å²) < 4.78 is 11.4. The van der Waals surface area contributed by atoms with Crippen LogP contribution in [0.1, 0.15) is 34.0 Å². The van der Waals surface area contributed by atoms with E-state index in [1.165, 1.54) is 12.1 Å². The summed E-state index contributed by atoms with van der Waals surface area (Å²) in [5, 5.41) is 18.6. The minimum absolute atomic E-state index is 0.110. The molecular weight excluding hydrogens is 366 g/mol.